The number of nitrogens with zero attached hydrogens (tertiary/aromatic N) is 3. The van der Waals surface area contributed by atoms with Gasteiger partial charge in [0, 0.05) is 60.3 Å². The fourth-order valence-corrected chi connectivity index (χ4v) is 5.96. The van der Waals surface area contributed by atoms with Crippen LogP contribution in [-0.2, 0) is 7.05 Å². The summed E-state index contributed by atoms with van der Waals surface area (Å²) in [4.78, 5) is 12.6. The van der Waals surface area contributed by atoms with Crippen molar-refractivity contribution in [3.8, 4) is 22.6 Å². The number of halogens is 2. The Morgan fingerprint density at radius 1 is 1.06 bits per heavy atom. The van der Waals surface area contributed by atoms with Gasteiger partial charge < -0.3 is 14.9 Å². The molecule has 7 heteroatoms. The number of hydrogen-bond acceptors (Lipinski definition) is 3. The molecule has 33 heavy (non-hydrogen) atoms. The Balaban J connectivity index is 1.46. The first-order valence-electron chi connectivity index (χ1n) is 11.7. The standard InChI is InChI=1S/C26H27F2N5/c1-14-15-3-5-16(6-4-15)24(14)31-23-11-22(17-7-8-33(2)13-17)30-26(32-23)20-12-29-25-19(20)9-18(27)10-21(25)28/h7-16,24,29H,3-6H2,1-2H3,(H,30,31,32)/t14-,15?,16?,24+/m0/s1. The van der Waals surface area contributed by atoms with Crippen molar-refractivity contribution in [2.45, 2.75) is 38.6 Å². The van der Waals surface area contributed by atoms with Crippen LogP contribution in [0.4, 0.5) is 14.6 Å². The zero-order chi connectivity index (χ0) is 22.7. The summed E-state index contributed by atoms with van der Waals surface area (Å²) in [7, 11) is 1.97. The smallest absolute Gasteiger partial charge is 0.164 e. The van der Waals surface area contributed by atoms with Crippen LogP contribution < -0.4 is 5.32 Å². The van der Waals surface area contributed by atoms with Crippen LogP contribution in [0.25, 0.3) is 33.5 Å². The summed E-state index contributed by atoms with van der Waals surface area (Å²) in [6.45, 7) is 2.35. The highest BCUT2D eigenvalue weighted by Crippen LogP contribution is 2.46. The third-order valence-corrected chi connectivity index (χ3v) is 7.75. The van der Waals surface area contributed by atoms with Crippen molar-refractivity contribution in [3.05, 3.63) is 54.5 Å². The first kappa shape index (κ1) is 20.4. The van der Waals surface area contributed by atoms with Crippen LogP contribution in [0.5, 0.6) is 0 Å². The van der Waals surface area contributed by atoms with Crippen LogP contribution in [0.3, 0.4) is 0 Å². The Labute approximate surface area is 191 Å². The third kappa shape index (κ3) is 3.50. The molecule has 4 aromatic rings. The fourth-order valence-electron chi connectivity index (χ4n) is 5.96. The van der Waals surface area contributed by atoms with Crippen molar-refractivity contribution in [2.24, 2.45) is 24.8 Å². The number of H-pyrrole nitrogens is 1. The first-order valence-corrected chi connectivity index (χ1v) is 11.7. The quantitative estimate of drug-likeness (QED) is 0.395. The number of aryl methyl sites for hydroxylation is 1. The lowest BCUT2D eigenvalue weighted by molar-refractivity contribution is 0.0928. The highest BCUT2D eigenvalue weighted by atomic mass is 19.1. The molecule has 3 saturated carbocycles. The number of nitrogens with one attached hydrogen (secondary N) is 2. The molecule has 0 spiro atoms. The van der Waals surface area contributed by atoms with E-state index in [-0.39, 0.29) is 5.52 Å². The predicted octanol–water partition coefficient (Wildman–Crippen LogP) is 6.15. The molecular weight excluding hydrogens is 420 g/mol. The van der Waals surface area contributed by atoms with Crippen molar-refractivity contribution in [1.82, 2.24) is 19.5 Å². The van der Waals surface area contributed by atoms with Gasteiger partial charge in [-0.25, -0.2) is 18.7 Å². The van der Waals surface area contributed by atoms with Gasteiger partial charge in [0.25, 0.3) is 0 Å². The molecule has 3 aromatic heterocycles. The van der Waals surface area contributed by atoms with E-state index < -0.39 is 11.6 Å². The monoisotopic (exact) mass is 447 g/mol. The number of aromatic amines is 1. The average Bonchev–Trinajstić information content (AvgIpc) is 3.43. The van der Waals surface area contributed by atoms with E-state index in [0.29, 0.717) is 34.7 Å². The van der Waals surface area contributed by atoms with Crippen LogP contribution in [0.2, 0.25) is 0 Å². The van der Waals surface area contributed by atoms with Crippen LogP contribution >= 0.6 is 0 Å². The molecule has 0 unspecified atom stereocenters. The van der Waals surface area contributed by atoms with Crippen LogP contribution in [0, 0.1) is 29.4 Å². The maximum Gasteiger partial charge on any atom is 0.164 e. The van der Waals surface area contributed by atoms with Gasteiger partial charge in [0.15, 0.2) is 5.82 Å². The lowest BCUT2D eigenvalue weighted by Gasteiger charge is -2.47. The predicted molar refractivity (Wildman–Crippen MR) is 126 cm³/mol. The van der Waals surface area contributed by atoms with Gasteiger partial charge in [-0.3, -0.25) is 0 Å². The Morgan fingerprint density at radius 3 is 2.58 bits per heavy atom. The molecule has 7 rings (SSSR count). The second-order valence-electron chi connectivity index (χ2n) is 9.74. The molecular formula is C26H27F2N5. The van der Waals surface area contributed by atoms with E-state index in [1.54, 1.807) is 6.20 Å². The lowest BCUT2D eigenvalue weighted by atomic mass is 9.62. The van der Waals surface area contributed by atoms with Gasteiger partial charge in [0.05, 0.1) is 11.2 Å². The van der Waals surface area contributed by atoms with E-state index in [0.717, 1.165) is 29.1 Å². The van der Waals surface area contributed by atoms with E-state index in [1.807, 2.05) is 36.1 Å². The van der Waals surface area contributed by atoms with Crippen LogP contribution in [-0.4, -0.2) is 25.6 Å². The van der Waals surface area contributed by atoms with Crippen molar-refractivity contribution in [1.29, 1.82) is 0 Å². The Kier molecular flexibility index (Phi) is 4.75. The average molecular weight is 448 g/mol. The first-order chi connectivity index (χ1) is 16.0. The van der Waals surface area contributed by atoms with Crippen LogP contribution in [0.1, 0.15) is 32.6 Å². The molecule has 2 atom stereocenters. The Hall–Kier alpha value is -3.22. The Bertz CT molecular complexity index is 1330. The molecule has 3 aliphatic carbocycles. The minimum atomic E-state index is -0.624. The molecule has 5 nitrogen and oxygen atoms in total. The van der Waals surface area contributed by atoms with Crippen LogP contribution in [0.15, 0.2) is 42.9 Å². The molecule has 3 aliphatic rings. The fraction of sp³-hybridized carbons (Fsp3) is 0.385. The molecule has 0 amide bonds. The summed E-state index contributed by atoms with van der Waals surface area (Å²) in [5.41, 5.74) is 2.60. The SMILES string of the molecule is C[C@H]1C2CCC(CC2)[C@@H]1Nc1cc(-c2ccn(C)c2)nc(-c2c[nH]c3c(F)cc(F)cc23)n1. The zero-order valence-electron chi connectivity index (χ0n) is 18.8. The number of fused-ring (bicyclic) bond motifs is 4. The Morgan fingerprint density at radius 2 is 1.85 bits per heavy atom. The van der Waals surface area contributed by atoms with Crippen molar-refractivity contribution >= 4 is 16.7 Å². The minimum Gasteiger partial charge on any atom is -0.367 e. The summed E-state index contributed by atoms with van der Waals surface area (Å²) >= 11 is 0. The topological polar surface area (TPSA) is 58.5 Å². The maximum atomic E-state index is 14.3. The molecule has 0 saturated heterocycles. The third-order valence-electron chi connectivity index (χ3n) is 7.75. The zero-order valence-corrected chi connectivity index (χ0v) is 18.8. The summed E-state index contributed by atoms with van der Waals surface area (Å²) in [5, 5.41) is 4.17. The summed E-state index contributed by atoms with van der Waals surface area (Å²) in [5.74, 6) is 1.97. The highest BCUT2D eigenvalue weighted by Gasteiger charge is 2.41. The van der Waals surface area contributed by atoms with Gasteiger partial charge in [-0.05, 0) is 55.6 Å². The second-order valence-corrected chi connectivity index (χ2v) is 9.74. The van der Waals surface area contributed by atoms with E-state index in [1.165, 1.54) is 31.7 Å². The molecule has 0 aliphatic heterocycles. The van der Waals surface area contributed by atoms with Crippen molar-refractivity contribution in [3.63, 3.8) is 0 Å². The van der Waals surface area contributed by atoms with Gasteiger partial charge >= 0.3 is 0 Å². The summed E-state index contributed by atoms with van der Waals surface area (Å²) < 4.78 is 30.3. The maximum absolute atomic E-state index is 14.3. The lowest BCUT2D eigenvalue weighted by Crippen LogP contribution is -2.47. The van der Waals surface area contributed by atoms with E-state index in [2.05, 4.69) is 17.2 Å². The van der Waals surface area contributed by atoms with E-state index in [4.69, 9.17) is 9.97 Å². The highest BCUT2D eigenvalue weighted by molar-refractivity contribution is 5.94. The summed E-state index contributed by atoms with van der Waals surface area (Å²) in [6, 6.07) is 6.59. The van der Waals surface area contributed by atoms with Crippen molar-refractivity contribution < 1.29 is 8.78 Å². The molecule has 170 valence electrons. The van der Waals surface area contributed by atoms with Gasteiger partial charge in [-0.2, -0.15) is 0 Å². The number of anilines is 1. The molecule has 2 bridgehead atoms. The molecule has 1 aromatic carbocycles. The minimum absolute atomic E-state index is 0.257. The number of hydrogen-bond donors (Lipinski definition) is 2. The number of aromatic nitrogens is 4. The van der Waals surface area contributed by atoms with Gasteiger partial charge in [0.1, 0.15) is 17.5 Å². The van der Waals surface area contributed by atoms with E-state index >= 15 is 0 Å². The molecule has 0 radical (unpaired) electrons. The van der Waals surface area contributed by atoms with E-state index in [9.17, 15) is 8.78 Å². The molecule has 3 heterocycles. The van der Waals surface area contributed by atoms with Gasteiger partial charge in [-0.1, -0.05) is 6.92 Å². The number of benzene rings is 1. The van der Waals surface area contributed by atoms with Gasteiger partial charge in [0.2, 0.25) is 0 Å². The molecule has 3 fully saturated rings. The molecule has 2 N–H and O–H groups in total. The van der Waals surface area contributed by atoms with Gasteiger partial charge in [-0.15, -0.1) is 0 Å². The normalized spacial score (nSPS) is 24.5. The summed E-state index contributed by atoms with van der Waals surface area (Å²) in [6.07, 6.45) is 10.8. The van der Waals surface area contributed by atoms with Crippen molar-refractivity contribution in [2.75, 3.05) is 5.32 Å². The second kappa shape index (κ2) is 7.68. The largest absolute Gasteiger partial charge is 0.367 e. The number of rotatable bonds is 4.